The summed E-state index contributed by atoms with van der Waals surface area (Å²) in [4.78, 5) is 24.8. The number of carbonyl (C=O) groups is 2. The minimum absolute atomic E-state index is 0.216. The van der Waals surface area contributed by atoms with Gasteiger partial charge in [0.1, 0.15) is 0 Å². The number of hydrogen-bond donors (Lipinski definition) is 2. The second-order valence-corrected chi connectivity index (χ2v) is 8.00. The molecule has 0 bridgehead atoms. The SMILES string of the molecule is COCCCC(=NNC(=O)CNC(=O)c1ccc(OC)c(OC)c1)c1csc2ccccc12. The Labute approximate surface area is 196 Å². The number of benzene rings is 2. The van der Waals surface area contributed by atoms with Gasteiger partial charge in [-0.3, -0.25) is 9.59 Å². The summed E-state index contributed by atoms with van der Waals surface area (Å²) in [6, 6.07) is 12.9. The van der Waals surface area contributed by atoms with Crippen LogP contribution in [0.1, 0.15) is 28.8 Å². The second-order valence-electron chi connectivity index (χ2n) is 7.09. The number of carbonyl (C=O) groups excluding carboxylic acids is 2. The lowest BCUT2D eigenvalue weighted by Crippen LogP contribution is -2.35. The number of methoxy groups -OCH3 is 3. The zero-order valence-corrected chi connectivity index (χ0v) is 19.7. The quantitative estimate of drug-likeness (QED) is 0.254. The predicted octanol–water partition coefficient (Wildman–Crippen LogP) is 3.60. The molecule has 0 aliphatic carbocycles. The van der Waals surface area contributed by atoms with E-state index in [-0.39, 0.29) is 6.54 Å². The van der Waals surface area contributed by atoms with E-state index in [2.05, 4.69) is 21.9 Å². The Kier molecular flexibility index (Phi) is 8.79. The number of ether oxygens (including phenoxy) is 3. The number of thiophene rings is 1. The van der Waals surface area contributed by atoms with Gasteiger partial charge in [0.2, 0.25) is 0 Å². The van der Waals surface area contributed by atoms with E-state index >= 15 is 0 Å². The summed E-state index contributed by atoms with van der Waals surface area (Å²) in [5, 5.41) is 10.1. The van der Waals surface area contributed by atoms with Crippen LogP contribution in [-0.4, -0.2) is 52.0 Å². The molecule has 0 saturated heterocycles. The molecule has 3 rings (SSSR count). The highest BCUT2D eigenvalue weighted by Gasteiger charge is 2.14. The van der Waals surface area contributed by atoms with Crippen molar-refractivity contribution in [1.82, 2.24) is 10.7 Å². The number of amides is 2. The maximum atomic E-state index is 12.4. The molecule has 1 aromatic heterocycles. The van der Waals surface area contributed by atoms with Gasteiger partial charge < -0.3 is 19.5 Å². The van der Waals surface area contributed by atoms with Gasteiger partial charge in [0.05, 0.1) is 26.5 Å². The molecular formula is C24H27N3O5S. The fourth-order valence-corrected chi connectivity index (χ4v) is 4.22. The minimum atomic E-state index is -0.424. The molecule has 0 aliphatic rings. The summed E-state index contributed by atoms with van der Waals surface area (Å²) in [6.07, 6.45) is 1.41. The molecule has 0 spiro atoms. The summed E-state index contributed by atoms with van der Waals surface area (Å²) in [5.41, 5.74) is 4.67. The molecule has 8 nitrogen and oxygen atoms in total. The van der Waals surface area contributed by atoms with Crippen molar-refractivity contribution in [2.45, 2.75) is 12.8 Å². The molecule has 0 saturated carbocycles. The molecule has 2 aromatic carbocycles. The topological polar surface area (TPSA) is 98.2 Å². The standard InChI is InChI=1S/C24H27N3O5S/c1-30-12-6-8-19(18-15-33-22-9-5-4-7-17(18)22)26-27-23(28)14-25-24(29)16-10-11-20(31-2)21(13-16)32-3/h4-5,7,9-11,13,15H,6,8,12,14H2,1-3H3,(H,25,29)(H,27,28). The van der Waals surface area contributed by atoms with E-state index < -0.39 is 11.8 Å². The van der Waals surface area contributed by atoms with E-state index in [1.807, 2.05) is 23.6 Å². The van der Waals surface area contributed by atoms with Gasteiger partial charge in [-0.25, -0.2) is 5.43 Å². The van der Waals surface area contributed by atoms with Gasteiger partial charge in [0.15, 0.2) is 11.5 Å². The van der Waals surface area contributed by atoms with Gasteiger partial charge in [-0.15, -0.1) is 11.3 Å². The Hall–Kier alpha value is -3.43. The van der Waals surface area contributed by atoms with Gasteiger partial charge in [-0.1, -0.05) is 18.2 Å². The highest BCUT2D eigenvalue weighted by molar-refractivity contribution is 7.17. The van der Waals surface area contributed by atoms with Crippen molar-refractivity contribution in [3.8, 4) is 11.5 Å². The third kappa shape index (κ3) is 6.30. The van der Waals surface area contributed by atoms with E-state index in [4.69, 9.17) is 14.2 Å². The Balaban J connectivity index is 1.65. The van der Waals surface area contributed by atoms with E-state index in [0.717, 1.165) is 27.8 Å². The molecule has 0 unspecified atom stereocenters. The lowest BCUT2D eigenvalue weighted by molar-refractivity contribution is -0.120. The van der Waals surface area contributed by atoms with Gasteiger partial charge in [-0.2, -0.15) is 5.10 Å². The van der Waals surface area contributed by atoms with Crippen LogP contribution in [0.2, 0.25) is 0 Å². The molecule has 0 aliphatic heterocycles. The average molecular weight is 470 g/mol. The van der Waals surface area contributed by atoms with Crippen LogP contribution >= 0.6 is 11.3 Å². The monoisotopic (exact) mass is 469 g/mol. The second kappa shape index (κ2) is 12.0. The summed E-state index contributed by atoms with van der Waals surface area (Å²) in [5.74, 6) is 0.123. The van der Waals surface area contributed by atoms with Crippen molar-refractivity contribution in [2.24, 2.45) is 5.10 Å². The molecule has 174 valence electrons. The zero-order valence-electron chi connectivity index (χ0n) is 18.8. The first-order valence-corrected chi connectivity index (χ1v) is 11.3. The summed E-state index contributed by atoms with van der Waals surface area (Å²) < 4.78 is 16.7. The van der Waals surface area contributed by atoms with Crippen molar-refractivity contribution < 1.29 is 23.8 Å². The summed E-state index contributed by atoms with van der Waals surface area (Å²) >= 11 is 1.63. The lowest BCUT2D eigenvalue weighted by atomic mass is 10.1. The average Bonchev–Trinajstić information content (AvgIpc) is 3.28. The Morgan fingerprint density at radius 2 is 1.82 bits per heavy atom. The largest absolute Gasteiger partial charge is 0.493 e. The molecule has 9 heteroatoms. The summed E-state index contributed by atoms with van der Waals surface area (Å²) in [7, 11) is 4.66. The first-order valence-electron chi connectivity index (χ1n) is 10.4. The van der Waals surface area contributed by atoms with Gasteiger partial charge in [0.25, 0.3) is 11.8 Å². The third-order valence-corrected chi connectivity index (χ3v) is 5.89. The number of nitrogens with zero attached hydrogens (tertiary/aromatic N) is 1. The van der Waals surface area contributed by atoms with Crippen molar-refractivity contribution in [3.63, 3.8) is 0 Å². The molecule has 1 heterocycles. The Morgan fingerprint density at radius 3 is 2.58 bits per heavy atom. The van der Waals surface area contributed by atoms with E-state index in [0.29, 0.717) is 30.1 Å². The normalized spacial score (nSPS) is 11.3. The highest BCUT2D eigenvalue weighted by Crippen LogP contribution is 2.28. The number of hydrogen-bond acceptors (Lipinski definition) is 7. The molecule has 2 amide bonds. The molecule has 2 N–H and O–H groups in total. The van der Waals surface area contributed by atoms with Gasteiger partial charge >= 0.3 is 0 Å². The maximum absolute atomic E-state index is 12.4. The fraction of sp³-hybridized carbons (Fsp3) is 0.292. The van der Waals surface area contributed by atoms with Gasteiger partial charge in [-0.05, 0) is 37.1 Å². The first-order chi connectivity index (χ1) is 16.1. The van der Waals surface area contributed by atoms with Crippen molar-refractivity contribution >= 4 is 38.9 Å². The molecule has 3 aromatic rings. The van der Waals surface area contributed by atoms with Gasteiger partial charge in [0, 0.05) is 40.3 Å². The molecule has 0 radical (unpaired) electrons. The molecule has 0 fully saturated rings. The van der Waals surface area contributed by atoms with E-state index in [1.54, 1.807) is 36.6 Å². The van der Waals surface area contributed by atoms with E-state index in [1.165, 1.54) is 14.2 Å². The van der Waals surface area contributed by atoms with Crippen LogP contribution in [0.15, 0.2) is 52.9 Å². The maximum Gasteiger partial charge on any atom is 0.259 e. The third-order valence-electron chi connectivity index (χ3n) is 4.92. The van der Waals surface area contributed by atoms with Crippen LogP contribution in [-0.2, 0) is 9.53 Å². The van der Waals surface area contributed by atoms with Crippen LogP contribution < -0.4 is 20.2 Å². The first kappa shape index (κ1) is 24.2. The number of rotatable bonds is 11. The summed E-state index contributed by atoms with van der Waals surface area (Å²) in [6.45, 7) is 0.378. The zero-order chi connectivity index (χ0) is 23.6. The van der Waals surface area contributed by atoms with Crippen molar-refractivity contribution in [3.05, 3.63) is 59.0 Å². The number of hydrazone groups is 1. The highest BCUT2D eigenvalue weighted by atomic mass is 32.1. The number of fused-ring (bicyclic) bond motifs is 1. The molecular weight excluding hydrogens is 442 g/mol. The molecule has 33 heavy (non-hydrogen) atoms. The number of nitrogens with one attached hydrogen (secondary N) is 2. The predicted molar refractivity (Wildman–Crippen MR) is 129 cm³/mol. The molecule has 0 atom stereocenters. The van der Waals surface area contributed by atoms with Crippen molar-refractivity contribution in [2.75, 3.05) is 34.5 Å². The van der Waals surface area contributed by atoms with Crippen LogP contribution in [0, 0.1) is 0 Å². The van der Waals surface area contributed by atoms with Crippen molar-refractivity contribution in [1.29, 1.82) is 0 Å². The smallest absolute Gasteiger partial charge is 0.259 e. The van der Waals surface area contributed by atoms with Crippen LogP contribution in [0.4, 0.5) is 0 Å². The van der Waals surface area contributed by atoms with Crippen LogP contribution in [0.25, 0.3) is 10.1 Å². The van der Waals surface area contributed by atoms with Crippen LogP contribution in [0.5, 0.6) is 11.5 Å². The Morgan fingerprint density at radius 1 is 1.03 bits per heavy atom. The Bertz CT molecular complexity index is 1140. The van der Waals surface area contributed by atoms with E-state index in [9.17, 15) is 9.59 Å². The lowest BCUT2D eigenvalue weighted by Gasteiger charge is -2.10. The fourth-order valence-electron chi connectivity index (χ4n) is 3.25. The van der Waals surface area contributed by atoms with Crippen LogP contribution in [0.3, 0.4) is 0 Å². The minimum Gasteiger partial charge on any atom is -0.493 e.